The van der Waals surface area contributed by atoms with Crippen molar-refractivity contribution in [3.63, 3.8) is 0 Å². The molecule has 1 aromatic rings. The van der Waals surface area contributed by atoms with Crippen LogP contribution in [0.4, 0.5) is 0 Å². The Bertz CT molecular complexity index is 669. The van der Waals surface area contributed by atoms with E-state index in [0.717, 1.165) is 19.0 Å². The number of hydrogen-bond acceptors (Lipinski definition) is 2. The second-order valence-corrected chi connectivity index (χ2v) is 9.35. The normalized spacial score (nSPS) is 34.4. The molecule has 0 bridgehead atoms. The van der Waals surface area contributed by atoms with Crippen molar-refractivity contribution in [2.24, 2.45) is 11.3 Å². The predicted octanol–water partition coefficient (Wildman–Crippen LogP) is 3.43. The Balaban J connectivity index is 1.15. The van der Waals surface area contributed by atoms with E-state index >= 15 is 0 Å². The maximum Gasteiger partial charge on any atom is 0.225 e. The lowest BCUT2D eigenvalue weighted by Crippen LogP contribution is -2.65. The maximum atomic E-state index is 12.4. The lowest BCUT2D eigenvalue weighted by molar-refractivity contribution is -0.168. The first kappa shape index (κ1) is 14.9. The molecule has 3 heteroatoms. The standard InChI is InChI=1S/C21H27NO2/c1-20(24)8-18(9-20)19(23)22-12-21(13-22)10-17(11-21)16-4-2-3-15(7-16)14-5-6-14/h2-4,7,14,17-18,24H,5-6,8-13H2,1H3. The molecule has 1 saturated heterocycles. The molecule has 0 radical (unpaired) electrons. The van der Waals surface area contributed by atoms with Gasteiger partial charge in [0.25, 0.3) is 0 Å². The SMILES string of the molecule is CC1(O)CC(C(=O)N2CC3(CC(c4cccc(C5CC5)c4)C3)C2)C1. The van der Waals surface area contributed by atoms with Gasteiger partial charge in [-0.3, -0.25) is 4.79 Å². The van der Waals surface area contributed by atoms with E-state index in [9.17, 15) is 9.90 Å². The van der Waals surface area contributed by atoms with Gasteiger partial charge in [0.05, 0.1) is 5.60 Å². The molecule has 3 aliphatic carbocycles. The molecule has 1 amide bonds. The van der Waals surface area contributed by atoms with Gasteiger partial charge in [-0.05, 0) is 68.4 Å². The Morgan fingerprint density at radius 1 is 1.08 bits per heavy atom. The summed E-state index contributed by atoms with van der Waals surface area (Å²) in [6.45, 7) is 3.73. The molecule has 0 aromatic heterocycles. The summed E-state index contributed by atoms with van der Waals surface area (Å²) in [4.78, 5) is 14.5. The van der Waals surface area contributed by atoms with Crippen LogP contribution in [0.2, 0.25) is 0 Å². The van der Waals surface area contributed by atoms with Crippen LogP contribution in [-0.2, 0) is 4.79 Å². The third-order valence-electron chi connectivity index (χ3n) is 6.88. The van der Waals surface area contributed by atoms with E-state index < -0.39 is 5.60 Å². The van der Waals surface area contributed by atoms with E-state index in [2.05, 4.69) is 24.3 Å². The molecule has 0 unspecified atom stereocenters. The molecule has 1 heterocycles. The molecule has 5 rings (SSSR count). The number of carbonyl (C=O) groups excluding carboxylic acids is 1. The predicted molar refractivity (Wildman–Crippen MR) is 92.8 cm³/mol. The van der Waals surface area contributed by atoms with Crippen molar-refractivity contribution >= 4 is 5.91 Å². The summed E-state index contributed by atoms with van der Waals surface area (Å²) in [6.07, 6.45) is 6.50. The summed E-state index contributed by atoms with van der Waals surface area (Å²) in [6, 6.07) is 9.24. The molecule has 4 fully saturated rings. The highest BCUT2D eigenvalue weighted by atomic mass is 16.3. The highest BCUT2D eigenvalue weighted by Gasteiger charge is 2.56. The molecule has 1 aliphatic heterocycles. The smallest absolute Gasteiger partial charge is 0.225 e. The van der Waals surface area contributed by atoms with Crippen molar-refractivity contribution in [2.45, 2.75) is 62.9 Å². The number of carbonyl (C=O) groups is 1. The Kier molecular flexibility index (Phi) is 3.02. The average Bonchev–Trinajstić information content (AvgIpc) is 3.26. The van der Waals surface area contributed by atoms with E-state index in [4.69, 9.17) is 0 Å². The van der Waals surface area contributed by atoms with Crippen LogP contribution >= 0.6 is 0 Å². The van der Waals surface area contributed by atoms with Gasteiger partial charge in [0.15, 0.2) is 0 Å². The summed E-state index contributed by atoms with van der Waals surface area (Å²) in [5.74, 6) is 1.88. The van der Waals surface area contributed by atoms with Crippen molar-refractivity contribution in [3.05, 3.63) is 35.4 Å². The van der Waals surface area contributed by atoms with Crippen LogP contribution in [0.25, 0.3) is 0 Å². The number of hydrogen-bond donors (Lipinski definition) is 1. The minimum atomic E-state index is -0.600. The molecular weight excluding hydrogens is 298 g/mol. The van der Waals surface area contributed by atoms with Gasteiger partial charge in [-0.1, -0.05) is 24.3 Å². The average molecular weight is 325 g/mol. The van der Waals surface area contributed by atoms with Crippen molar-refractivity contribution in [1.29, 1.82) is 0 Å². The third-order valence-corrected chi connectivity index (χ3v) is 6.88. The highest BCUT2D eigenvalue weighted by Crippen LogP contribution is 2.57. The minimum absolute atomic E-state index is 0.0726. The number of amides is 1. The molecule has 128 valence electrons. The summed E-state index contributed by atoms with van der Waals surface area (Å²) >= 11 is 0. The van der Waals surface area contributed by atoms with Gasteiger partial charge in [-0.25, -0.2) is 0 Å². The van der Waals surface area contributed by atoms with Gasteiger partial charge in [-0.2, -0.15) is 0 Å². The summed E-state index contributed by atoms with van der Waals surface area (Å²) in [5, 5.41) is 9.82. The molecule has 1 N–H and O–H groups in total. The van der Waals surface area contributed by atoms with Gasteiger partial charge < -0.3 is 10.0 Å². The van der Waals surface area contributed by atoms with Gasteiger partial charge in [0.2, 0.25) is 5.91 Å². The topological polar surface area (TPSA) is 40.5 Å². The number of aliphatic hydroxyl groups is 1. The minimum Gasteiger partial charge on any atom is -0.390 e. The Morgan fingerprint density at radius 2 is 1.71 bits per heavy atom. The number of likely N-dealkylation sites (tertiary alicyclic amines) is 1. The second kappa shape index (κ2) is 4.85. The molecular formula is C21H27NO2. The number of rotatable bonds is 3. The van der Waals surface area contributed by atoms with Crippen LogP contribution in [0.3, 0.4) is 0 Å². The largest absolute Gasteiger partial charge is 0.390 e. The summed E-state index contributed by atoms with van der Waals surface area (Å²) in [5.41, 5.74) is 2.86. The first-order chi connectivity index (χ1) is 11.4. The zero-order chi connectivity index (χ0) is 16.5. The van der Waals surface area contributed by atoms with Gasteiger partial charge >= 0.3 is 0 Å². The van der Waals surface area contributed by atoms with Crippen LogP contribution in [-0.4, -0.2) is 34.6 Å². The first-order valence-electron chi connectivity index (χ1n) is 9.54. The Hall–Kier alpha value is -1.35. The van der Waals surface area contributed by atoms with Gasteiger partial charge in [0.1, 0.15) is 0 Å². The van der Waals surface area contributed by atoms with Crippen molar-refractivity contribution in [1.82, 2.24) is 4.90 Å². The van der Waals surface area contributed by atoms with E-state index in [0.29, 0.717) is 24.2 Å². The maximum absolute atomic E-state index is 12.4. The van der Waals surface area contributed by atoms with Crippen LogP contribution in [0, 0.1) is 11.3 Å². The van der Waals surface area contributed by atoms with Crippen LogP contribution < -0.4 is 0 Å². The fraction of sp³-hybridized carbons (Fsp3) is 0.667. The van der Waals surface area contributed by atoms with Crippen LogP contribution in [0.15, 0.2) is 24.3 Å². The van der Waals surface area contributed by atoms with E-state index in [-0.39, 0.29) is 11.8 Å². The zero-order valence-electron chi connectivity index (χ0n) is 14.5. The van der Waals surface area contributed by atoms with Crippen molar-refractivity contribution in [2.75, 3.05) is 13.1 Å². The monoisotopic (exact) mass is 325 g/mol. The quantitative estimate of drug-likeness (QED) is 0.925. The molecule has 3 nitrogen and oxygen atoms in total. The van der Waals surface area contributed by atoms with Crippen LogP contribution in [0.5, 0.6) is 0 Å². The van der Waals surface area contributed by atoms with Crippen LogP contribution in [0.1, 0.15) is 68.4 Å². The lowest BCUT2D eigenvalue weighted by Gasteiger charge is -2.60. The van der Waals surface area contributed by atoms with Crippen molar-refractivity contribution < 1.29 is 9.90 Å². The molecule has 3 saturated carbocycles. The second-order valence-electron chi connectivity index (χ2n) is 9.35. The summed E-state index contributed by atoms with van der Waals surface area (Å²) in [7, 11) is 0. The number of nitrogens with zero attached hydrogens (tertiary/aromatic N) is 1. The van der Waals surface area contributed by atoms with E-state index in [1.807, 2.05) is 11.8 Å². The van der Waals surface area contributed by atoms with E-state index in [1.165, 1.54) is 36.8 Å². The highest BCUT2D eigenvalue weighted by molar-refractivity contribution is 5.81. The lowest BCUT2D eigenvalue weighted by atomic mass is 9.55. The Labute approximate surface area is 144 Å². The molecule has 1 aromatic carbocycles. The van der Waals surface area contributed by atoms with E-state index in [1.54, 1.807) is 0 Å². The molecule has 24 heavy (non-hydrogen) atoms. The van der Waals surface area contributed by atoms with Gasteiger partial charge in [0, 0.05) is 24.4 Å². The number of benzene rings is 1. The third kappa shape index (κ3) is 2.40. The summed E-state index contributed by atoms with van der Waals surface area (Å²) < 4.78 is 0. The molecule has 1 spiro atoms. The first-order valence-corrected chi connectivity index (χ1v) is 9.54. The van der Waals surface area contributed by atoms with Gasteiger partial charge in [-0.15, -0.1) is 0 Å². The molecule has 0 atom stereocenters. The van der Waals surface area contributed by atoms with Crippen molar-refractivity contribution in [3.8, 4) is 0 Å². The molecule has 4 aliphatic rings. The fourth-order valence-electron chi connectivity index (χ4n) is 5.32. The zero-order valence-corrected chi connectivity index (χ0v) is 14.5. The Morgan fingerprint density at radius 3 is 2.29 bits per heavy atom. The fourth-order valence-corrected chi connectivity index (χ4v) is 5.32.